The Bertz CT molecular complexity index is 979. The number of anilines is 2. The van der Waals surface area contributed by atoms with Gasteiger partial charge in [0, 0.05) is 35.2 Å². The molecule has 0 bridgehead atoms. The monoisotopic (exact) mass is 410 g/mol. The predicted molar refractivity (Wildman–Crippen MR) is 116 cm³/mol. The normalized spacial score (nSPS) is 10.8. The molecule has 150 valence electrons. The number of carbonyl (C=O) groups excluding carboxylic acids is 1. The van der Waals surface area contributed by atoms with Crippen LogP contribution in [0, 0.1) is 0 Å². The first-order chi connectivity index (χ1) is 14.0. The summed E-state index contributed by atoms with van der Waals surface area (Å²) in [5.74, 6) is 0.419. The summed E-state index contributed by atoms with van der Waals surface area (Å²) in [6.45, 7) is 1.53. The van der Waals surface area contributed by atoms with Crippen molar-refractivity contribution < 1.29 is 4.79 Å². The topological polar surface area (TPSA) is 83.0 Å². The number of rotatable bonds is 8. The van der Waals surface area contributed by atoms with Crippen LogP contribution in [0.15, 0.2) is 55.1 Å². The quantitative estimate of drug-likeness (QED) is 0.552. The molecule has 3 rings (SSSR count). The number of carbonyl (C=O) groups is 1. The standard InChI is InChI=1S/C21H23ClN6O/c1-28(2)8-4-7-25-21(29)16-9-15(11-23-12-16)19-13-24-14-20(27-19)26-18-6-3-5-17(22)10-18/h3,5-6,9-14H,4,7-8H2,1-2H3,(H,25,29)(H,26,27). The molecule has 0 aliphatic carbocycles. The van der Waals surface area contributed by atoms with Crippen molar-refractivity contribution in [3.63, 3.8) is 0 Å². The molecule has 0 aliphatic heterocycles. The lowest BCUT2D eigenvalue weighted by molar-refractivity contribution is 0.0952. The van der Waals surface area contributed by atoms with Gasteiger partial charge in [0.05, 0.1) is 23.7 Å². The van der Waals surface area contributed by atoms with Crippen LogP contribution >= 0.6 is 11.6 Å². The number of pyridine rings is 1. The Morgan fingerprint density at radius 3 is 2.72 bits per heavy atom. The first kappa shape index (κ1) is 20.7. The Morgan fingerprint density at radius 2 is 1.93 bits per heavy atom. The second-order valence-electron chi connectivity index (χ2n) is 6.80. The molecule has 0 spiro atoms. The van der Waals surface area contributed by atoms with Gasteiger partial charge in [-0.05, 0) is 51.3 Å². The number of hydrogen-bond acceptors (Lipinski definition) is 6. The molecule has 0 unspecified atom stereocenters. The van der Waals surface area contributed by atoms with Crippen molar-refractivity contribution in [3.8, 4) is 11.3 Å². The van der Waals surface area contributed by atoms with Gasteiger partial charge in [-0.2, -0.15) is 0 Å². The molecule has 29 heavy (non-hydrogen) atoms. The fourth-order valence-electron chi connectivity index (χ4n) is 2.68. The van der Waals surface area contributed by atoms with Crippen molar-refractivity contribution in [2.45, 2.75) is 6.42 Å². The van der Waals surface area contributed by atoms with Gasteiger partial charge in [0.1, 0.15) is 5.82 Å². The molecule has 0 radical (unpaired) electrons. The number of halogens is 1. The molecule has 8 heteroatoms. The average Bonchev–Trinajstić information content (AvgIpc) is 2.71. The maximum absolute atomic E-state index is 12.4. The second-order valence-corrected chi connectivity index (χ2v) is 7.24. The minimum atomic E-state index is -0.153. The van der Waals surface area contributed by atoms with E-state index in [9.17, 15) is 4.79 Å². The van der Waals surface area contributed by atoms with E-state index < -0.39 is 0 Å². The SMILES string of the molecule is CN(C)CCCNC(=O)c1cncc(-c2cncc(Nc3cccc(Cl)c3)n2)c1. The molecule has 1 amide bonds. The molecular weight excluding hydrogens is 388 g/mol. The molecule has 0 saturated heterocycles. The molecule has 7 nitrogen and oxygen atoms in total. The van der Waals surface area contributed by atoms with E-state index in [1.165, 1.54) is 0 Å². The van der Waals surface area contributed by atoms with Crippen LogP contribution in [0.3, 0.4) is 0 Å². The first-order valence-electron chi connectivity index (χ1n) is 9.24. The summed E-state index contributed by atoms with van der Waals surface area (Å²) in [4.78, 5) is 27.5. The van der Waals surface area contributed by atoms with Crippen LogP contribution < -0.4 is 10.6 Å². The lowest BCUT2D eigenvalue weighted by atomic mass is 10.1. The molecule has 2 heterocycles. The third-order valence-corrected chi connectivity index (χ3v) is 4.33. The highest BCUT2D eigenvalue weighted by atomic mass is 35.5. The van der Waals surface area contributed by atoms with Crippen LogP contribution in [-0.2, 0) is 0 Å². The van der Waals surface area contributed by atoms with Gasteiger partial charge in [-0.3, -0.25) is 14.8 Å². The molecule has 2 aromatic heterocycles. The van der Waals surface area contributed by atoms with E-state index in [0.29, 0.717) is 34.2 Å². The Hall–Kier alpha value is -3.03. The van der Waals surface area contributed by atoms with E-state index in [1.54, 1.807) is 43.0 Å². The summed E-state index contributed by atoms with van der Waals surface area (Å²) in [7, 11) is 4.01. The zero-order chi connectivity index (χ0) is 20.6. The van der Waals surface area contributed by atoms with E-state index in [1.807, 2.05) is 26.2 Å². The Morgan fingerprint density at radius 1 is 1.10 bits per heavy atom. The van der Waals surface area contributed by atoms with Crippen LogP contribution in [0.5, 0.6) is 0 Å². The zero-order valence-electron chi connectivity index (χ0n) is 16.4. The number of hydrogen-bond donors (Lipinski definition) is 2. The van der Waals surface area contributed by atoms with E-state index in [2.05, 4.69) is 30.5 Å². The summed E-state index contributed by atoms with van der Waals surface area (Å²) in [5.41, 5.74) is 2.63. The maximum Gasteiger partial charge on any atom is 0.252 e. The lowest BCUT2D eigenvalue weighted by Crippen LogP contribution is -2.27. The number of aromatic nitrogens is 3. The van der Waals surface area contributed by atoms with E-state index in [-0.39, 0.29) is 5.91 Å². The molecule has 2 N–H and O–H groups in total. The third kappa shape index (κ3) is 6.23. The molecule has 0 aliphatic rings. The number of amides is 1. The largest absolute Gasteiger partial charge is 0.352 e. The first-order valence-corrected chi connectivity index (χ1v) is 9.62. The smallest absolute Gasteiger partial charge is 0.252 e. The van der Waals surface area contributed by atoms with Crippen LogP contribution in [0.2, 0.25) is 5.02 Å². The van der Waals surface area contributed by atoms with Gasteiger partial charge < -0.3 is 15.5 Å². The summed E-state index contributed by atoms with van der Waals surface area (Å²) in [5, 5.41) is 6.72. The van der Waals surface area contributed by atoms with Gasteiger partial charge >= 0.3 is 0 Å². The van der Waals surface area contributed by atoms with Crippen molar-refractivity contribution in [2.24, 2.45) is 0 Å². The predicted octanol–water partition coefficient (Wildman–Crippen LogP) is 3.62. The summed E-state index contributed by atoms with van der Waals surface area (Å²) in [6, 6.07) is 9.12. The zero-order valence-corrected chi connectivity index (χ0v) is 17.1. The van der Waals surface area contributed by atoms with Gasteiger partial charge in [-0.15, -0.1) is 0 Å². The van der Waals surface area contributed by atoms with Crippen molar-refractivity contribution in [1.29, 1.82) is 0 Å². The minimum absolute atomic E-state index is 0.153. The Kier molecular flexibility index (Phi) is 7.10. The van der Waals surface area contributed by atoms with Crippen LogP contribution in [0.1, 0.15) is 16.8 Å². The van der Waals surface area contributed by atoms with Crippen molar-refractivity contribution >= 4 is 29.0 Å². The molecule has 1 aromatic carbocycles. The van der Waals surface area contributed by atoms with Gasteiger partial charge in [0.2, 0.25) is 0 Å². The summed E-state index contributed by atoms with van der Waals surface area (Å²) >= 11 is 6.02. The van der Waals surface area contributed by atoms with Crippen LogP contribution in [0.4, 0.5) is 11.5 Å². The van der Waals surface area contributed by atoms with Gasteiger partial charge in [-0.1, -0.05) is 17.7 Å². The highest BCUT2D eigenvalue weighted by Crippen LogP contribution is 2.21. The second kappa shape index (κ2) is 9.95. The summed E-state index contributed by atoms with van der Waals surface area (Å²) < 4.78 is 0. The highest BCUT2D eigenvalue weighted by Gasteiger charge is 2.09. The molecule has 0 atom stereocenters. The molecular formula is C21H23ClN6O. The number of nitrogens with zero attached hydrogens (tertiary/aromatic N) is 4. The minimum Gasteiger partial charge on any atom is -0.352 e. The van der Waals surface area contributed by atoms with E-state index in [0.717, 1.165) is 18.7 Å². The van der Waals surface area contributed by atoms with Gasteiger partial charge in [0.15, 0.2) is 0 Å². The number of benzene rings is 1. The van der Waals surface area contributed by atoms with Gasteiger partial charge in [0.25, 0.3) is 5.91 Å². The highest BCUT2D eigenvalue weighted by molar-refractivity contribution is 6.30. The fourth-order valence-corrected chi connectivity index (χ4v) is 2.87. The number of nitrogens with one attached hydrogen (secondary N) is 2. The average molecular weight is 411 g/mol. The van der Waals surface area contributed by atoms with Crippen LogP contribution in [-0.4, -0.2) is 52.9 Å². The van der Waals surface area contributed by atoms with Gasteiger partial charge in [-0.25, -0.2) is 4.98 Å². The summed E-state index contributed by atoms with van der Waals surface area (Å²) in [6.07, 6.45) is 7.36. The maximum atomic E-state index is 12.4. The molecule has 3 aromatic rings. The van der Waals surface area contributed by atoms with Crippen molar-refractivity contribution in [2.75, 3.05) is 32.5 Å². The Balaban J connectivity index is 1.70. The lowest BCUT2D eigenvalue weighted by Gasteiger charge is -2.10. The Labute approximate surface area is 175 Å². The molecule has 0 fully saturated rings. The van der Waals surface area contributed by atoms with Crippen LogP contribution in [0.25, 0.3) is 11.3 Å². The van der Waals surface area contributed by atoms with E-state index in [4.69, 9.17) is 11.6 Å². The molecule has 0 saturated carbocycles. The van der Waals surface area contributed by atoms with Crippen molar-refractivity contribution in [1.82, 2.24) is 25.2 Å². The third-order valence-electron chi connectivity index (χ3n) is 4.10. The fraction of sp³-hybridized carbons (Fsp3) is 0.238. The van der Waals surface area contributed by atoms with Crippen molar-refractivity contribution in [3.05, 3.63) is 65.7 Å². The van der Waals surface area contributed by atoms with E-state index >= 15 is 0 Å².